The summed E-state index contributed by atoms with van der Waals surface area (Å²) in [7, 11) is 1.34. The highest BCUT2D eigenvalue weighted by Gasteiger charge is 2.01. The average molecular weight is 274 g/mol. The van der Waals surface area contributed by atoms with Crippen LogP contribution < -0.4 is 10.1 Å². The highest BCUT2D eigenvalue weighted by molar-refractivity contribution is 5.85. The van der Waals surface area contributed by atoms with Crippen LogP contribution in [0.3, 0.4) is 0 Å². The summed E-state index contributed by atoms with van der Waals surface area (Å²) >= 11 is 0. The van der Waals surface area contributed by atoms with Crippen molar-refractivity contribution in [3.8, 4) is 5.75 Å². The molecule has 0 saturated carbocycles. The van der Waals surface area contributed by atoms with E-state index in [1.165, 1.54) is 12.7 Å². The largest absolute Gasteiger partial charge is 0.482 e. The molecule has 0 fully saturated rings. The van der Waals surface area contributed by atoms with E-state index in [0.29, 0.717) is 11.8 Å². The molecule has 0 aliphatic heterocycles. The van der Waals surface area contributed by atoms with E-state index in [4.69, 9.17) is 4.74 Å². The zero-order chi connectivity index (χ0) is 12.7. The predicted molar refractivity (Wildman–Crippen MR) is 73.2 cm³/mol. The van der Waals surface area contributed by atoms with E-state index in [0.717, 1.165) is 6.54 Å². The van der Waals surface area contributed by atoms with Crippen LogP contribution in [0.2, 0.25) is 0 Å². The molecule has 5 heteroatoms. The van der Waals surface area contributed by atoms with Crippen molar-refractivity contribution in [1.29, 1.82) is 0 Å². The summed E-state index contributed by atoms with van der Waals surface area (Å²) < 4.78 is 9.73. The highest BCUT2D eigenvalue weighted by atomic mass is 35.5. The van der Waals surface area contributed by atoms with Crippen molar-refractivity contribution in [2.24, 2.45) is 0 Å². The van der Waals surface area contributed by atoms with Gasteiger partial charge in [0.05, 0.1) is 7.11 Å². The Morgan fingerprint density at radius 1 is 1.28 bits per heavy atom. The third-order valence-corrected chi connectivity index (χ3v) is 2.22. The first kappa shape index (κ1) is 16.7. The summed E-state index contributed by atoms with van der Waals surface area (Å²) in [5, 5.41) is 3.33. The topological polar surface area (TPSA) is 47.6 Å². The van der Waals surface area contributed by atoms with Crippen LogP contribution in [0.1, 0.15) is 19.4 Å². The Morgan fingerprint density at radius 3 is 2.39 bits per heavy atom. The fourth-order valence-electron chi connectivity index (χ4n) is 1.23. The van der Waals surface area contributed by atoms with E-state index in [-0.39, 0.29) is 25.0 Å². The number of carbonyl (C=O) groups excluding carboxylic acids is 1. The van der Waals surface area contributed by atoms with Gasteiger partial charge in [0.1, 0.15) is 5.75 Å². The number of methoxy groups -OCH3 is 1. The fraction of sp³-hybridized carbons (Fsp3) is 0.462. The van der Waals surface area contributed by atoms with Gasteiger partial charge in [-0.25, -0.2) is 4.79 Å². The second-order valence-electron chi connectivity index (χ2n) is 4.04. The smallest absolute Gasteiger partial charge is 0.343 e. The van der Waals surface area contributed by atoms with Gasteiger partial charge in [-0.15, -0.1) is 12.4 Å². The number of rotatable bonds is 6. The lowest BCUT2D eigenvalue weighted by Gasteiger charge is -2.09. The van der Waals surface area contributed by atoms with Crippen LogP contribution in [0, 0.1) is 0 Å². The molecule has 0 spiro atoms. The quantitative estimate of drug-likeness (QED) is 0.807. The third-order valence-electron chi connectivity index (χ3n) is 2.22. The van der Waals surface area contributed by atoms with Crippen LogP contribution in [-0.4, -0.2) is 25.7 Å². The molecule has 1 aromatic carbocycles. The molecule has 0 amide bonds. The number of benzene rings is 1. The molecule has 1 aromatic rings. The molecule has 0 unspecified atom stereocenters. The van der Waals surface area contributed by atoms with E-state index in [1.807, 2.05) is 24.3 Å². The van der Waals surface area contributed by atoms with Crippen molar-refractivity contribution < 1.29 is 14.3 Å². The van der Waals surface area contributed by atoms with Crippen LogP contribution in [-0.2, 0) is 16.1 Å². The number of carbonyl (C=O) groups is 1. The summed E-state index contributed by atoms with van der Waals surface area (Å²) in [5.41, 5.74) is 1.18. The Bertz CT molecular complexity index is 352. The second kappa shape index (κ2) is 8.78. The van der Waals surface area contributed by atoms with E-state index in [2.05, 4.69) is 23.9 Å². The molecule has 0 radical (unpaired) electrons. The summed E-state index contributed by atoms with van der Waals surface area (Å²) in [4.78, 5) is 10.9. The lowest BCUT2D eigenvalue weighted by molar-refractivity contribution is -0.142. The molecule has 102 valence electrons. The number of ether oxygens (including phenoxy) is 2. The number of halogens is 1. The lowest BCUT2D eigenvalue weighted by Crippen LogP contribution is -2.21. The normalized spacial score (nSPS) is 9.78. The van der Waals surface area contributed by atoms with Gasteiger partial charge in [-0.05, 0) is 17.7 Å². The minimum atomic E-state index is -0.379. The molecule has 4 nitrogen and oxygen atoms in total. The maximum absolute atomic E-state index is 10.9. The van der Waals surface area contributed by atoms with Crippen LogP contribution in [0.5, 0.6) is 5.75 Å². The zero-order valence-corrected chi connectivity index (χ0v) is 11.8. The Morgan fingerprint density at radius 2 is 1.89 bits per heavy atom. The van der Waals surface area contributed by atoms with Crippen molar-refractivity contribution in [1.82, 2.24) is 5.32 Å². The van der Waals surface area contributed by atoms with Gasteiger partial charge >= 0.3 is 5.97 Å². The fourth-order valence-corrected chi connectivity index (χ4v) is 1.23. The standard InChI is InChI=1S/C13H19NO3.ClH/c1-10(2)14-8-11-4-6-12(7-5-11)17-9-13(15)16-3;/h4-7,10,14H,8-9H2,1-3H3;1H. The molecular weight excluding hydrogens is 254 g/mol. The zero-order valence-electron chi connectivity index (χ0n) is 10.9. The highest BCUT2D eigenvalue weighted by Crippen LogP contribution is 2.12. The predicted octanol–water partition coefficient (Wildman–Crippen LogP) is 2.16. The van der Waals surface area contributed by atoms with Gasteiger partial charge in [0.15, 0.2) is 6.61 Å². The Kier molecular flexibility index (Phi) is 8.16. The van der Waals surface area contributed by atoms with E-state index >= 15 is 0 Å². The van der Waals surface area contributed by atoms with Crippen LogP contribution in [0.25, 0.3) is 0 Å². The summed E-state index contributed by atoms with van der Waals surface area (Å²) in [6.07, 6.45) is 0. The van der Waals surface area contributed by atoms with Gasteiger partial charge in [0.2, 0.25) is 0 Å². The van der Waals surface area contributed by atoms with E-state index < -0.39 is 0 Å². The lowest BCUT2D eigenvalue weighted by atomic mass is 10.2. The van der Waals surface area contributed by atoms with Gasteiger partial charge in [0.25, 0.3) is 0 Å². The minimum absolute atomic E-state index is 0. The molecule has 0 aliphatic rings. The second-order valence-corrected chi connectivity index (χ2v) is 4.04. The third kappa shape index (κ3) is 6.47. The Labute approximate surface area is 114 Å². The van der Waals surface area contributed by atoms with Gasteiger partial charge < -0.3 is 14.8 Å². The van der Waals surface area contributed by atoms with Crippen molar-refractivity contribution in [3.05, 3.63) is 29.8 Å². The van der Waals surface area contributed by atoms with Crippen LogP contribution >= 0.6 is 12.4 Å². The molecule has 0 bridgehead atoms. The van der Waals surface area contributed by atoms with Crippen molar-refractivity contribution >= 4 is 18.4 Å². The number of esters is 1. The van der Waals surface area contributed by atoms with Crippen molar-refractivity contribution in [2.75, 3.05) is 13.7 Å². The Balaban J connectivity index is 0.00000289. The monoisotopic (exact) mass is 273 g/mol. The summed E-state index contributed by atoms with van der Waals surface area (Å²) in [6.45, 7) is 4.98. The van der Waals surface area contributed by atoms with Gasteiger partial charge in [-0.3, -0.25) is 0 Å². The SMILES string of the molecule is COC(=O)COc1ccc(CNC(C)C)cc1.Cl. The summed E-state index contributed by atoms with van der Waals surface area (Å²) in [5.74, 6) is 0.291. The molecule has 18 heavy (non-hydrogen) atoms. The maximum atomic E-state index is 10.9. The molecule has 0 heterocycles. The van der Waals surface area contributed by atoms with Crippen LogP contribution in [0.15, 0.2) is 24.3 Å². The molecule has 1 N–H and O–H groups in total. The molecule has 1 rings (SSSR count). The van der Waals surface area contributed by atoms with Crippen LogP contribution in [0.4, 0.5) is 0 Å². The van der Waals surface area contributed by atoms with E-state index in [9.17, 15) is 4.79 Å². The maximum Gasteiger partial charge on any atom is 0.343 e. The molecular formula is C13H20ClNO3. The first-order valence-electron chi connectivity index (χ1n) is 5.63. The Hall–Kier alpha value is -1.26. The minimum Gasteiger partial charge on any atom is -0.482 e. The number of hydrogen-bond donors (Lipinski definition) is 1. The van der Waals surface area contributed by atoms with Gasteiger partial charge in [-0.2, -0.15) is 0 Å². The van der Waals surface area contributed by atoms with Gasteiger partial charge in [-0.1, -0.05) is 26.0 Å². The van der Waals surface area contributed by atoms with E-state index in [1.54, 1.807) is 0 Å². The van der Waals surface area contributed by atoms with Gasteiger partial charge in [0, 0.05) is 12.6 Å². The molecule has 0 saturated heterocycles. The summed E-state index contributed by atoms with van der Waals surface area (Å²) in [6, 6.07) is 8.11. The van der Waals surface area contributed by atoms with Crippen molar-refractivity contribution in [2.45, 2.75) is 26.4 Å². The number of nitrogens with one attached hydrogen (secondary N) is 1. The van der Waals surface area contributed by atoms with Crippen molar-refractivity contribution in [3.63, 3.8) is 0 Å². The first-order valence-corrected chi connectivity index (χ1v) is 5.63. The number of hydrogen-bond acceptors (Lipinski definition) is 4. The molecule has 0 aromatic heterocycles. The first-order chi connectivity index (χ1) is 8.11. The average Bonchev–Trinajstić information content (AvgIpc) is 2.34. The molecule has 0 atom stereocenters. The molecule has 0 aliphatic carbocycles.